The quantitative estimate of drug-likeness (QED) is 0.581. The zero-order valence-electron chi connectivity index (χ0n) is 13.6. The van der Waals surface area contributed by atoms with E-state index < -0.39 is 23.0 Å². The van der Waals surface area contributed by atoms with Crippen molar-refractivity contribution in [1.29, 1.82) is 0 Å². The van der Waals surface area contributed by atoms with Crippen LogP contribution in [0.5, 0.6) is 0 Å². The smallest absolute Gasteiger partial charge is 0.240 e. The molecule has 4 heterocycles. The molecule has 3 aliphatic heterocycles. The van der Waals surface area contributed by atoms with Crippen LogP contribution in [0, 0.1) is 18.4 Å². The van der Waals surface area contributed by atoms with Crippen LogP contribution in [-0.4, -0.2) is 31.8 Å². The molecule has 5 rings (SSSR count). The van der Waals surface area contributed by atoms with E-state index in [9.17, 15) is 9.59 Å². The summed E-state index contributed by atoms with van der Waals surface area (Å²) < 4.78 is 14.5. The first-order valence-corrected chi connectivity index (χ1v) is 8.83. The molecule has 3 aliphatic rings. The van der Waals surface area contributed by atoms with Gasteiger partial charge in [-0.15, -0.1) is 0 Å². The Kier molecular flexibility index (Phi) is 2.64. The molecular weight excluding hydrogens is 340 g/mol. The lowest BCUT2D eigenvalue weighted by Gasteiger charge is -2.27. The van der Waals surface area contributed by atoms with Gasteiger partial charge < -0.3 is 4.74 Å². The van der Waals surface area contributed by atoms with Crippen LogP contribution in [0.2, 0.25) is 0 Å². The van der Waals surface area contributed by atoms with Crippen molar-refractivity contribution in [2.45, 2.75) is 37.9 Å². The van der Waals surface area contributed by atoms with Gasteiger partial charge in [0, 0.05) is 0 Å². The summed E-state index contributed by atoms with van der Waals surface area (Å²) in [6, 6.07) is 3.22. The van der Waals surface area contributed by atoms with E-state index in [0.717, 1.165) is 24.6 Å². The minimum atomic E-state index is -0.587. The van der Waals surface area contributed by atoms with E-state index in [-0.39, 0.29) is 11.8 Å². The van der Waals surface area contributed by atoms with Crippen LogP contribution in [-0.2, 0) is 14.3 Å². The molecule has 0 aliphatic carbocycles. The van der Waals surface area contributed by atoms with Gasteiger partial charge in [0.1, 0.15) is 11.0 Å². The van der Waals surface area contributed by atoms with Crippen molar-refractivity contribution >= 4 is 46.0 Å². The van der Waals surface area contributed by atoms with Gasteiger partial charge in [-0.25, -0.2) is 9.74 Å². The lowest BCUT2D eigenvalue weighted by atomic mass is 9.69. The van der Waals surface area contributed by atoms with E-state index in [0.29, 0.717) is 22.4 Å². The summed E-state index contributed by atoms with van der Waals surface area (Å²) in [6.07, 6.45) is 1.56. The minimum absolute atomic E-state index is 0.231. The lowest BCUT2D eigenvalue weighted by molar-refractivity contribution is -0.129. The number of carbonyl (C=O) groups is 2. The molecule has 2 aromatic rings. The van der Waals surface area contributed by atoms with Crippen LogP contribution < -0.4 is 4.90 Å². The van der Waals surface area contributed by atoms with Crippen molar-refractivity contribution in [3.05, 3.63) is 23.5 Å². The van der Waals surface area contributed by atoms with E-state index in [2.05, 4.69) is 13.6 Å². The second-order valence-electron chi connectivity index (χ2n) is 7.37. The molecule has 0 saturated carbocycles. The van der Waals surface area contributed by atoms with Crippen molar-refractivity contribution in [3.8, 4) is 0 Å². The molecule has 3 fully saturated rings. The molecule has 4 atom stereocenters. The minimum Gasteiger partial charge on any atom is -0.367 e. The Morgan fingerprint density at radius 3 is 2.36 bits per heavy atom. The molecule has 1 aromatic heterocycles. The molecule has 8 heteroatoms. The number of amides is 2. The molecule has 0 radical (unpaired) electrons. The molecule has 2 amide bonds. The topological polar surface area (TPSA) is 76.8 Å². The number of ether oxygens (including phenoxy) is 1. The predicted octanol–water partition coefficient (Wildman–Crippen LogP) is 2.69. The van der Waals surface area contributed by atoms with Crippen LogP contribution >= 0.6 is 11.7 Å². The van der Waals surface area contributed by atoms with Gasteiger partial charge in [-0.2, -0.15) is 8.75 Å². The molecule has 126 valence electrons. The van der Waals surface area contributed by atoms with Crippen LogP contribution in [0.15, 0.2) is 12.1 Å². The highest BCUT2D eigenvalue weighted by molar-refractivity contribution is 7.00. The second-order valence-corrected chi connectivity index (χ2v) is 7.90. The number of fused-ring (bicyclic) bond motifs is 6. The van der Waals surface area contributed by atoms with Crippen LogP contribution in [0.3, 0.4) is 0 Å². The van der Waals surface area contributed by atoms with Crippen LogP contribution in [0.1, 0.15) is 26.7 Å². The van der Waals surface area contributed by atoms with E-state index in [1.807, 2.05) is 13.8 Å². The standard InChI is InChI=1S/C17H14N4O3S/c1-16-6-7-17(2,24-16)11-10(16)14(22)21(15(11)23)9-5-4-8(18-3)12-13(9)20-25-19-12/h4-5,10-11H,6-7H2,1-2H3/t10-,11+,16?,17?. The third kappa shape index (κ3) is 1.62. The molecule has 1 aromatic carbocycles. The van der Waals surface area contributed by atoms with E-state index in [4.69, 9.17) is 11.3 Å². The average molecular weight is 354 g/mol. The Bertz CT molecular complexity index is 977. The lowest BCUT2D eigenvalue weighted by Crippen LogP contribution is -2.40. The fraction of sp³-hybridized carbons (Fsp3) is 0.471. The maximum Gasteiger partial charge on any atom is 0.240 e. The average Bonchev–Trinajstić information content (AvgIpc) is 3.28. The summed E-state index contributed by atoms with van der Waals surface area (Å²) in [4.78, 5) is 31.0. The fourth-order valence-corrected chi connectivity index (χ4v) is 5.38. The number of benzene rings is 1. The van der Waals surface area contributed by atoms with E-state index >= 15 is 0 Å². The van der Waals surface area contributed by atoms with Gasteiger partial charge in [0.05, 0.1) is 47.0 Å². The summed E-state index contributed by atoms with van der Waals surface area (Å²) in [6.45, 7) is 11.1. The summed E-state index contributed by atoms with van der Waals surface area (Å²) in [5, 5.41) is 0. The highest BCUT2D eigenvalue weighted by Gasteiger charge is 2.72. The highest BCUT2D eigenvalue weighted by Crippen LogP contribution is 2.61. The largest absolute Gasteiger partial charge is 0.367 e. The van der Waals surface area contributed by atoms with Crippen molar-refractivity contribution in [2.75, 3.05) is 4.90 Å². The number of hydrogen-bond acceptors (Lipinski definition) is 6. The van der Waals surface area contributed by atoms with Crippen molar-refractivity contribution < 1.29 is 14.3 Å². The number of imide groups is 1. The normalized spacial score (nSPS) is 36.3. The maximum atomic E-state index is 13.2. The van der Waals surface area contributed by atoms with Gasteiger partial charge >= 0.3 is 0 Å². The van der Waals surface area contributed by atoms with Gasteiger partial charge in [0.2, 0.25) is 17.5 Å². The first-order chi connectivity index (χ1) is 11.9. The molecule has 0 spiro atoms. The molecule has 2 bridgehead atoms. The number of nitrogens with zero attached hydrogens (tertiary/aromatic N) is 4. The summed E-state index contributed by atoms with van der Waals surface area (Å²) in [7, 11) is 0. The Balaban J connectivity index is 1.68. The Morgan fingerprint density at radius 1 is 1.16 bits per heavy atom. The van der Waals surface area contributed by atoms with Crippen molar-refractivity contribution in [1.82, 2.24) is 8.75 Å². The molecular formula is C17H14N4O3S. The second kappa shape index (κ2) is 4.42. The van der Waals surface area contributed by atoms with Gasteiger partial charge in [-0.3, -0.25) is 9.59 Å². The monoisotopic (exact) mass is 354 g/mol. The number of hydrogen-bond donors (Lipinski definition) is 0. The first-order valence-electron chi connectivity index (χ1n) is 8.10. The van der Waals surface area contributed by atoms with E-state index in [1.54, 1.807) is 12.1 Å². The molecule has 0 N–H and O–H groups in total. The molecule has 7 nitrogen and oxygen atoms in total. The zero-order chi connectivity index (χ0) is 17.6. The number of carbonyl (C=O) groups excluding carboxylic acids is 2. The third-order valence-corrected chi connectivity index (χ3v) is 6.47. The van der Waals surface area contributed by atoms with Gasteiger partial charge in [0.25, 0.3) is 0 Å². The van der Waals surface area contributed by atoms with Crippen molar-refractivity contribution in [3.63, 3.8) is 0 Å². The van der Waals surface area contributed by atoms with Gasteiger partial charge in [0.15, 0.2) is 0 Å². The third-order valence-electron chi connectivity index (χ3n) is 5.94. The fourth-order valence-electron chi connectivity index (χ4n) is 4.82. The Hall–Kier alpha value is -2.37. The maximum absolute atomic E-state index is 13.2. The highest BCUT2D eigenvalue weighted by atomic mass is 32.1. The van der Waals surface area contributed by atoms with Gasteiger partial charge in [-0.05, 0) is 32.8 Å². The van der Waals surface area contributed by atoms with Crippen LogP contribution in [0.4, 0.5) is 11.4 Å². The number of aromatic nitrogens is 2. The molecule has 3 saturated heterocycles. The molecule has 2 unspecified atom stereocenters. The SMILES string of the molecule is [C-]#[N+]c1ccc(N2C(=O)[C@@H]3[C@H](C2=O)C2(C)CCC3(C)O2)c2nsnc12. The summed E-state index contributed by atoms with van der Waals surface area (Å²) in [5.74, 6) is -1.38. The van der Waals surface area contributed by atoms with Gasteiger partial charge in [-0.1, -0.05) is 6.07 Å². The zero-order valence-corrected chi connectivity index (χ0v) is 14.5. The molecule has 25 heavy (non-hydrogen) atoms. The number of rotatable bonds is 1. The van der Waals surface area contributed by atoms with Crippen molar-refractivity contribution in [2.24, 2.45) is 11.8 Å². The first kappa shape index (κ1) is 14.9. The summed E-state index contributed by atoms with van der Waals surface area (Å²) >= 11 is 0.974. The predicted molar refractivity (Wildman–Crippen MR) is 90.3 cm³/mol. The number of anilines is 1. The Morgan fingerprint density at radius 2 is 1.76 bits per heavy atom. The summed E-state index contributed by atoms with van der Waals surface area (Å²) in [5.41, 5.74) is 0.491. The van der Waals surface area contributed by atoms with Crippen LogP contribution in [0.25, 0.3) is 15.9 Å². The van der Waals surface area contributed by atoms with E-state index in [1.165, 1.54) is 4.90 Å². The Labute approximate surface area is 147 Å².